The van der Waals surface area contributed by atoms with Gasteiger partial charge in [-0.3, -0.25) is 4.79 Å². The number of halogens is 3. The van der Waals surface area contributed by atoms with Crippen molar-refractivity contribution in [3.05, 3.63) is 34.4 Å². The molecule has 104 valence electrons. The minimum absolute atomic E-state index is 0.116. The van der Waals surface area contributed by atoms with Gasteiger partial charge in [0, 0.05) is 12.0 Å². The maximum atomic E-state index is 13.5. The Morgan fingerprint density at radius 1 is 1.42 bits per heavy atom. The third kappa shape index (κ3) is 3.84. The molecule has 0 heterocycles. The molecule has 0 unspecified atom stereocenters. The molecule has 0 aromatic heterocycles. The maximum Gasteiger partial charge on any atom is 0.254 e. The molecule has 0 fully saturated rings. The van der Waals surface area contributed by atoms with Crippen LogP contribution in [0.15, 0.2) is 12.1 Å². The van der Waals surface area contributed by atoms with Gasteiger partial charge < -0.3 is 11.1 Å². The molecule has 0 bridgehead atoms. The molecule has 1 rings (SSSR count). The summed E-state index contributed by atoms with van der Waals surface area (Å²) in [5.74, 6) is -2.50. The average molecular weight is 307 g/mol. The van der Waals surface area contributed by atoms with E-state index in [-0.39, 0.29) is 16.6 Å². The Hall–Kier alpha value is -1.27. The highest BCUT2D eigenvalue weighted by molar-refractivity contribution is 7.80. The summed E-state index contributed by atoms with van der Waals surface area (Å²) < 4.78 is 26.7. The zero-order valence-corrected chi connectivity index (χ0v) is 12.0. The molecule has 0 saturated heterocycles. The summed E-state index contributed by atoms with van der Waals surface area (Å²) >= 11 is 10.2. The highest BCUT2D eigenvalue weighted by Crippen LogP contribution is 2.20. The van der Waals surface area contributed by atoms with Crippen molar-refractivity contribution in [1.29, 1.82) is 0 Å². The number of rotatable bonds is 4. The van der Waals surface area contributed by atoms with Crippen molar-refractivity contribution in [2.45, 2.75) is 13.8 Å². The zero-order chi connectivity index (χ0) is 14.8. The largest absolute Gasteiger partial charge is 0.393 e. The molecular weight excluding hydrogens is 294 g/mol. The highest BCUT2D eigenvalue weighted by Gasteiger charge is 2.23. The van der Waals surface area contributed by atoms with Crippen LogP contribution in [0.1, 0.15) is 24.2 Å². The van der Waals surface area contributed by atoms with Crippen molar-refractivity contribution in [3.63, 3.8) is 0 Å². The molecule has 1 aromatic rings. The summed E-state index contributed by atoms with van der Waals surface area (Å²) in [6.45, 7) is 3.58. The van der Waals surface area contributed by atoms with Crippen LogP contribution in [0.3, 0.4) is 0 Å². The smallest absolute Gasteiger partial charge is 0.254 e. The standard InChI is InChI=1S/C12H13ClF2N2OS/c1-12(2,11(16)19)5-17-10(18)6-3-9(15)7(13)4-8(6)14/h3-4H,5H2,1-2H3,(H2,16,19)(H,17,18). The Bertz CT molecular complexity index is 535. The van der Waals surface area contributed by atoms with E-state index in [1.807, 2.05) is 0 Å². The third-order valence-electron chi connectivity index (χ3n) is 2.61. The highest BCUT2D eigenvalue weighted by atomic mass is 35.5. The van der Waals surface area contributed by atoms with E-state index in [0.717, 1.165) is 12.1 Å². The van der Waals surface area contributed by atoms with Gasteiger partial charge in [-0.15, -0.1) is 0 Å². The van der Waals surface area contributed by atoms with E-state index in [1.54, 1.807) is 13.8 Å². The van der Waals surface area contributed by atoms with Crippen LogP contribution in [-0.4, -0.2) is 17.4 Å². The number of amides is 1. The van der Waals surface area contributed by atoms with E-state index in [2.05, 4.69) is 5.32 Å². The lowest BCUT2D eigenvalue weighted by Crippen LogP contribution is -2.41. The van der Waals surface area contributed by atoms with E-state index in [1.165, 1.54) is 0 Å². The van der Waals surface area contributed by atoms with Crippen LogP contribution in [0.5, 0.6) is 0 Å². The Balaban J connectivity index is 2.86. The normalized spacial score (nSPS) is 11.2. The van der Waals surface area contributed by atoms with Crippen LogP contribution < -0.4 is 11.1 Å². The van der Waals surface area contributed by atoms with Gasteiger partial charge in [0.25, 0.3) is 5.91 Å². The minimum Gasteiger partial charge on any atom is -0.393 e. The monoisotopic (exact) mass is 306 g/mol. The lowest BCUT2D eigenvalue weighted by molar-refractivity contribution is 0.0940. The third-order valence-corrected chi connectivity index (χ3v) is 3.45. The Labute approximate surface area is 120 Å². The van der Waals surface area contributed by atoms with Crippen LogP contribution in [0, 0.1) is 17.0 Å². The summed E-state index contributed by atoms with van der Waals surface area (Å²) in [5.41, 5.74) is 4.46. The molecule has 0 aliphatic rings. The fourth-order valence-electron chi connectivity index (χ4n) is 1.18. The van der Waals surface area contributed by atoms with Gasteiger partial charge in [0.2, 0.25) is 0 Å². The SMILES string of the molecule is CC(C)(CNC(=O)c1cc(F)c(Cl)cc1F)C(N)=S. The maximum absolute atomic E-state index is 13.5. The van der Waals surface area contributed by atoms with E-state index in [9.17, 15) is 13.6 Å². The number of carbonyl (C=O) groups is 1. The van der Waals surface area contributed by atoms with Crippen molar-refractivity contribution >= 4 is 34.7 Å². The summed E-state index contributed by atoms with van der Waals surface area (Å²) in [5, 5.41) is 2.07. The van der Waals surface area contributed by atoms with Crippen molar-refractivity contribution < 1.29 is 13.6 Å². The Morgan fingerprint density at radius 2 is 2.00 bits per heavy atom. The van der Waals surface area contributed by atoms with Gasteiger partial charge in [-0.05, 0) is 12.1 Å². The lowest BCUT2D eigenvalue weighted by atomic mass is 9.93. The minimum atomic E-state index is -0.892. The van der Waals surface area contributed by atoms with Crippen molar-refractivity contribution in [2.24, 2.45) is 11.1 Å². The first-order valence-corrected chi connectivity index (χ1v) is 6.16. The number of nitrogens with two attached hydrogens (primary N) is 1. The molecular formula is C12H13ClF2N2OS. The molecule has 19 heavy (non-hydrogen) atoms. The number of thiocarbonyl (C=S) groups is 1. The van der Waals surface area contributed by atoms with Crippen LogP contribution in [0.2, 0.25) is 5.02 Å². The number of nitrogens with one attached hydrogen (secondary N) is 1. The molecule has 0 aliphatic heterocycles. The van der Waals surface area contributed by atoms with E-state index in [4.69, 9.17) is 29.6 Å². The van der Waals surface area contributed by atoms with E-state index >= 15 is 0 Å². The molecule has 0 spiro atoms. The summed E-state index contributed by atoms with van der Waals surface area (Å²) in [6, 6.07) is 1.51. The van der Waals surface area contributed by atoms with Crippen LogP contribution in [0.4, 0.5) is 8.78 Å². The first kappa shape index (κ1) is 15.8. The molecule has 0 aliphatic carbocycles. The summed E-state index contributed by atoms with van der Waals surface area (Å²) in [7, 11) is 0. The fourth-order valence-corrected chi connectivity index (χ4v) is 1.40. The quantitative estimate of drug-likeness (QED) is 0.664. The van der Waals surface area contributed by atoms with E-state index in [0.29, 0.717) is 0 Å². The first-order chi connectivity index (χ1) is 8.65. The number of benzene rings is 1. The van der Waals surface area contributed by atoms with Gasteiger partial charge in [-0.25, -0.2) is 8.78 Å². The second-order valence-corrected chi connectivity index (χ2v) is 5.52. The second kappa shape index (κ2) is 5.79. The van der Waals surface area contributed by atoms with Gasteiger partial charge in [-0.2, -0.15) is 0 Å². The Morgan fingerprint density at radius 3 is 2.53 bits per heavy atom. The van der Waals surface area contributed by atoms with Gasteiger partial charge in [0.1, 0.15) is 11.6 Å². The predicted molar refractivity (Wildman–Crippen MR) is 74.3 cm³/mol. The summed E-state index contributed by atoms with van der Waals surface area (Å²) in [6.07, 6.45) is 0. The van der Waals surface area contributed by atoms with Gasteiger partial charge >= 0.3 is 0 Å². The van der Waals surface area contributed by atoms with Crippen LogP contribution >= 0.6 is 23.8 Å². The Kier molecular flexibility index (Phi) is 4.81. The fraction of sp³-hybridized carbons (Fsp3) is 0.333. The van der Waals surface area contributed by atoms with E-state index < -0.39 is 28.5 Å². The van der Waals surface area contributed by atoms with Crippen LogP contribution in [0.25, 0.3) is 0 Å². The van der Waals surface area contributed by atoms with Gasteiger partial charge in [-0.1, -0.05) is 37.7 Å². The molecule has 0 atom stereocenters. The number of hydrogen-bond acceptors (Lipinski definition) is 2. The van der Waals surface area contributed by atoms with Gasteiger partial charge in [0.15, 0.2) is 0 Å². The van der Waals surface area contributed by atoms with Crippen LogP contribution in [-0.2, 0) is 0 Å². The predicted octanol–water partition coefficient (Wildman–Crippen LogP) is 2.66. The molecule has 0 radical (unpaired) electrons. The average Bonchev–Trinajstić information content (AvgIpc) is 2.30. The molecule has 0 saturated carbocycles. The molecule has 1 amide bonds. The zero-order valence-electron chi connectivity index (χ0n) is 10.4. The molecule has 3 nitrogen and oxygen atoms in total. The molecule has 3 N–H and O–H groups in total. The van der Waals surface area contributed by atoms with Crippen molar-refractivity contribution in [2.75, 3.05) is 6.54 Å². The molecule has 7 heteroatoms. The van der Waals surface area contributed by atoms with Crippen molar-refractivity contribution in [1.82, 2.24) is 5.32 Å². The number of hydrogen-bond donors (Lipinski definition) is 2. The topological polar surface area (TPSA) is 55.1 Å². The molecule has 1 aromatic carbocycles. The van der Waals surface area contributed by atoms with Gasteiger partial charge in [0.05, 0.1) is 15.6 Å². The first-order valence-electron chi connectivity index (χ1n) is 5.38. The second-order valence-electron chi connectivity index (χ2n) is 4.68. The summed E-state index contributed by atoms with van der Waals surface area (Å²) in [4.78, 5) is 12.0. The van der Waals surface area contributed by atoms with Crippen molar-refractivity contribution in [3.8, 4) is 0 Å². The number of carbonyl (C=O) groups excluding carboxylic acids is 1. The lowest BCUT2D eigenvalue weighted by Gasteiger charge is -2.23.